The Kier molecular flexibility index (Phi) is 5.60. The van der Waals surface area contributed by atoms with E-state index in [9.17, 15) is 4.79 Å². The number of amides is 1. The molecule has 3 aromatic rings. The number of nitrogens with one attached hydrogen (secondary N) is 1. The number of ether oxygens (including phenoxy) is 1. The van der Waals surface area contributed by atoms with Gasteiger partial charge < -0.3 is 10.1 Å². The average Bonchev–Trinajstić information content (AvgIpc) is 2.99. The molecular weight excluding hydrogens is 338 g/mol. The smallest absolute Gasteiger partial charge is 0.255 e. The summed E-state index contributed by atoms with van der Waals surface area (Å²) in [6.07, 6.45) is 1.77. The number of rotatable bonds is 6. The van der Waals surface area contributed by atoms with Crippen LogP contribution in [0.1, 0.15) is 46.9 Å². The monoisotopic (exact) mass is 363 g/mol. The number of nitrogens with zero attached hydrogens (tertiary/aromatic N) is 2. The summed E-state index contributed by atoms with van der Waals surface area (Å²) < 4.78 is 7.92. The first-order chi connectivity index (χ1) is 13.0. The van der Waals surface area contributed by atoms with Gasteiger partial charge in [-0.2, -0.15) is 5.10 Å². The molecule has 0 aliphatic heterocycles. The van der Waals surface area contributed by atoms with Crippen LogP contribution < -0.4 is 10.1 Å². The van der Waals surface area contributed by atoms with Gasteiger partial charge in [-0.15, -0.1) is 0 Å². The molecule has 1 heterocycles. The Morgan fingerprint density at radius 2 is 1.78 bits per heavy atom. The summed E-state index contributed by atoms with van der Waals surface area (Å²) in [5.74, 6) is 1.48. The van der Waals surface area contributed by atoms with Crippen molar-refractivity contribution in [2.45, 2.75) is 33.2 Å². The van der Waals surface area contributed by atoms with Crippen molar-refractivity contribution in [3.05, 3.63) is 77.1 Å². The summed E-state index contributed by atoms with van der Waals surface area (Å²) in [7, 11) is 1.88. The van der Waals surface area contributed by atoms with E-state index < -0.39 is 0 Å². The second kappa shape index (κ2) is 8.08. The number of hydrogen-bond donors (Lipinski definition) is 1. The maximum atomic E-state index is 12.7. The highest BCUT2D eigenvalue weighted by molar-refractivity contribution is 5.97. The lowest BCUT2D eigenvalue weighted by molar-refractivity contribution is 0.0948. The molecule has 1 aromatic heterocycles. The number of para-hydroxylation sites is 2. The highest BCUT2D eigenvalue weighted by Gasteiger charge is 2.15. The van der Waals surface area contributed by atoms with Crippen molar-refractivity contribution in [3.8, 4) is 11.5 Å². The molecule has 0 unspecified atom stereocenters. The third kappa shape index (κ3) is 4.19. The predicted octanol–water partition coefficient (Wildman–Crippen LogP) is 4.57. The van der Waals surface area contributed by atoms with E-state index >= 15 is 0 Å². The van der Waals surface area contributed by atoms with Crippen molar-refractivity contribution < 1.29 is 9.53 Å². The van der Waals surface area contributed by atoms with Gasteiger partial charge in [-0.3, -0.25) is 9.48 Å². The lowest BCUT2D eigenvalue weighted by atomic mass is 10.0. The Balaban J connectivity index is 1.80. The summed E-state index contributed by atoms with van der Waals surface area (Å²) >= 11 is 0. The van der Waals surface area contributed by atoms with Gasteiger partial charge in [-0.25, -0.2) is 0 Å². The highest BCUT2D eigenvalue weighted by Crippen LogP contribution is 2.32. The predicted molar refractivity (Wildman–Crippen MR) is 106 cm³/mol. The van der Waals surface area contributed by atoms with Crippen LogP contribution in [0.25, 0.3) is 0 Å². The molecule has 5 nitrogen and oxygen atoms in total. The Hall–Kier alpha value is -3.08. The maximum absolute atomic E-state index is 12.7. The fraction of sp³-hybridized carbons (Fsp3) is 0.273. The number of benzene rings is 2. The van der Waals surface area contributed by atoms with Crippen LogP contribution in [-0.4, -0.2) is 15.7 Å². The van der Waals surface area contributed by atoms with Gasteiger partial charge in [-0.1, -0.05) is 44.2 Å². The molecule has 5 heteroatoms. The van der Waals surface area contributed by atoms with Crippen LogP contribution in [0, 0.1) is 6.92 Å². The zero-order valence-corrected chi connectivity index (χ0v) is 16.2. The molecule has 0 atom stereocenters. The molecule has 0 spiro atoms. The standard InChI is InChI=1S/C22H25N3O2/c1-15(2)18-9-5-7-11-20(18)27-21-12-8-6-10-19(21)22(26)23-13-17-14-24-25(4)16(17)3/h5-12,14-15H,13H2,1-4H3,(H,23,26). The zero-order chi connectivity index (χ0) is 19.4. The molecule has 1 N–H and O–H groups in total. The molecular formula is C22H25N3O2. The van der Waals surface area contributed by atoms with Gasteiger partial charge in [0.2, 0.25) is 0 Å². The summed E-state index contributed by atoms with van der Waals surface area (Å²) in [5, 5.41) is 7.17. The third-order valence-electron chi connectivity index (χ3n) is 4.67. The Morgan fingerprint density at radius 3 is 2.44 bits per heavy atom. The third-order valence-corrected chi connectivity index (χ3v) is 4.67. The SMILES string of the molecule is Cc1c(CNC(=O)c2ccccc2Oc2ccccc2C(C)C)cnn1C. The van der Waals surface area contributed by atoms with Crippen molar-refractivity contribution in [1.29, 1.82) is 0 Å². The van der Waals surface area contributed by atoms with E-state index in [0.717, 1.165) is 22.6 Å². The van der Waals surface area contributed by atoms with Crippen molar-refractivity contribution in [2.24, 2.45) is 7.05 Å². The topological polar surface area (TPSA) is 56.1 Å². The van der Waals surface area contributed by atoms with E-state index in [1.807, 2.05) is 56.4 Å². The van der Waals surface area contributed by atoms with Crippen LogP contribution in [0.4, 0.5) is 0 Å². The van der Waals surface area contributed by atoms with Crippen molar-refractivity contribution in [3.63, 3.8) is 0 Å². The number of aryl methyl sites for hydroxylation is 1. The first-order valence-electron chi connectivity index (χ1n) is 9.09. The molecule has 0 aliphatic carbocycles. The van der Waals surface area contributed by atoms with Crippen molar-refractivity contribution >= 4 is 5.91 Å². The summed E-state index contributed by atoms with van der Waals surface area (Å²) in [6.45, 7) is 6.65. The van der Waals surface area contributed by atoms with Crippen molar-refractivity contribution in [1.82, 2.24) is 15.1 Å². The molecule has 0 saturated carbocycles. The minimum atomic E-state index is -0.170. The molecule has 140 valence electrons. The summed E-state index contributed by atoms with van der Waals surface area (Å²) in [4.78, 5) is 12.7. The van der Waals surface area contributed by atoms with Gasteiger partial charge in [0.25, 0.3) is 5.91 Å². The van der Waals surface area contributed by atoms with Crippen molar-refractivity contribution in [2.75, 3.05) is 0 Å². The van der Waals surface area contributed by atoms with Crippen LogP contribution in [0.5, 0.6) is 11.5 Å². The van der Waals surface area contributed by atoms with Gasteiger partial charge in [0, 0.05) is 24.8 Å². The van der Waals surface area contributed by atoms with Gasteiger partial charge in [0.1, 0.15) is 11.5 Å². The fourth-order valence-electron chi connectivity index (χ4n) is 2.90. The van der Waals surface area contributed by atoms with E-state index in [4.69, 9.17) is 4.74 Å². The van der Waals surface area contributed by atoms with Gasteiger partial charge in [-0.05, 0) is 36.6 Å². The molecule has 1 amide bonds. The van der Waals surface area contributed by atoms with E-state index in [1.54, 1.807) is 16.9 Å². The Morgan fingerprint density at radius 1 is 1.11 bits per heavy atom. The van der Waals surface area contributed by atoms with Gasteiger partial charge >= 0.3 is 0 Å². The Bertz CT molecular complexity index is 944. The first-order valence-corrected chi connectivity index (χ1v) is 9.09. The summed E-state index contributed by atoms with van der Waals surface area (Å²) in [5.41, 5.74) is 3.65. The zero-order valence-electron chi connectivity index (χ0n) is 16.2. The largest absolute Gasteiger partial charge is 0.456 e. The Labute approximate surface area is 160 Å². The van der Waals surface area contributed by atoms with E-state index in [0.29, 0.717) is 23.8 Å². The average molecular weight is 363 g/mol. The molecule has 0 radical (unpaired) electrons. The van der Waals surface area contributed by atoms with E-state index in [1.165, 1.54) is 0 Å². The van der Waals surface area contributed by atoms with Crippen LogP contribution in [0.3, 0.4) is 0 Å². The van der Waals surface area contributed by atoms with E-state index in [-0.39, 0.29) is 5.91 Å². The molecule has 27 heavy (non-hydrogen) atoms. The molecule has 0 bridgehead atoms. The molecule has 0 fully saturated rings. The number of aromatic nitrogens is 2. The first kappa shape index (κ1) is 18.7. The van der Waals surface area contributed by atoms with Crippen LogP contribution in [-0.2, 0) is 13.6 Å². The number of carbonyl (C=O) groups excluding carboxylic acids is 1. The maximum Gasteiger partial charge on any atom is 0.255 e. The second-order valence-electron chi connectivity index (χ2n) is 6.85. The molecule has 2 aromatic carbocycles. The molecule has 0 saturated heterocycles. The minimum absolute atomic E-state index is 0.170. The van der Waals surface area contributed by atoms with Gasteiger partial charge in [0.15, 0.2) is 0 Å². The minimum Gasteiger partial charge on any atom is -0.456 e. The molecule has 0 aliphatic rings. The summed E-state index contributed by atoms with van der Waals surface area (Å²) in [6, 6.07) is 15.2. The highest BCUT2D eigenvalue weighted by atomic mass is 16.5. The number of carbonyl (C=O) groups is 1. The fourth-order valence-corrected chi connectivity index (χ4v) is 2.90. The van der Waals surface area contributed by atoms with Crippen LogP contribution in [0.2, 0.25) is 0 Å². The second-order valence-corrected chi connectivity index (χ2v) is 6.85. The quantitative estimate of drug-likeness (QED) is 0.698. The normalized spacial score (nSPS) is 10.9. The lowest BCUT2D eigenvalue weighted by Crippen LogP contribution is -2.23. The number of hydrogen-bond acceptors (Lipinski definition) is 3. The van der Waals surface area contributed by atoms with Gasteiger partial charge in [0.05, 0.1) is 11.8 Å². The van der Waals surface area contributed by atoms with E-state index in [2.05, 4.69) is 24.3 Å². The van der Waals surface area contributed by atoms with Crippen LogP contribution >= 0.6 is 0 Å². The lowest BCUT2D eigenvalue weighted by Gasteiger charge is -2.16. The van der Waals surface area contributed by atoms with Crippen LogP contribution in [0.15, 0.2) is 54.7 Å². The molecule has 3 rings (SSSR count).